The molecule has 0 radical (unpaired) electrons. The highest BCUT2D eigenvalue weighted by atomic mass is 32.2. The van der Waals surface area contributed by atoms with Crippen LogP contribution in [0.4, 0.5) is 0 Å². The molecule has 0 amide bonds. The molecule has 0 aliphatic heterocycles. The Labute approximate surface area is 116 Å². The van der Waals surface area contributed by atoms with Crippen LogP contribution in [0.1, 0.15) is 42.0 Å². The van der Waals surface area contributed by atoms with Gasteiger partial charge in [0, 0.05) is 12.6 Å². The summed E-state index contributed by atoms with van der Waals surface area (Å²) in [6.07, 6.45) is 2.85. The molecule has 8 heteroatoms. The smallest absolute Gasteiger partial charge is 0.371 e. The lowest BCUT2D eigenvalue weighted by Crippen LogP contribution is -2.40. The fraction of sp³-hybridized carbons (Fsp3) is 0.583. The molecule has 0 aromatic carbocycles. The predicted octanol–water partition coefficient (Wildman–Crippen LogP) is 0.870. The summed E-state index contributed by atoms with van der Waals surface area (Å²) in [6.45, 7) is 1.30. The molecule has 3 N–H and O–H groups in total. The lowest BCUT2D eigenvalue weighted by atomic mass is 10.0. The van der Waals surface area contributed by atoms with Crippen molar-refractivity contribution in [3.05, 3.63) is 17.6 Å². The van der Waals surface area contributed by atoms with E-state index in [4.69, 9.17) is 9.52 Å². The molecule has 2 rings (SSSR count). The molecular weight excluding hydrogens is 286 g/mol. The van der Waals surface area contributed by atoms with Crippen LogP contribution in [0.15, 0.2) is 15.4 Å². The number of sulfonamides is 1. The standard InChI is InChI=1S/C12H17NO6S/c1-8-10(6-9(19-8)11(14)15)20(17,18)13-7-12(16)4-2-3-5-12/h6,13,16H,2-5,7H2,1H3,(H,14,15). The SMILES string of the molecule is Cc1oc(C(=O)O)cc1S(=O)(=O)NCC1(O)CCCC1. The van der Waals surface area contributed by atoms with Crippen LogP contribution in [0.25, 0.3) is 0 Å². The number of furan rings is 1. The van der Waals surface area contributed by atoms with E-state index in [2.05, 4.69) is 4.72 Å². The second-order valence-electron chi connectivity index (χ2n) is 5.09. The van der Waals surface area contributed by atoms with Gasteiger partial charge >= 0.3 is 5.97 Å². The summed E-state index contributed by atoms with van der Waals surface area (Å²) in [5.74, 6) is -1.75. The van der Waals surface area contributed by atoms with Crippen molar-refractivity contribution >= 4 is 16.0 Å². The molecule has 0 atom stereocenters. The molecule has 0 bridgehead atoms. The summed E-state index contributed by atoms with van der Waals surface area (Å²) in [7, 11) is -3.90. The second-order valence-corrected chi connectivity index (χ2v) is 6.83. The Kier molecular flexibility index (Phi) is 3.90. The van der Waals surface area contributed by atoms with Crippen LogP contribution >= 0.6 is 0 Å². The maximum absolute atomic E-state index is 12.1. The highest BCUT2D eigenvalue weighted by Gasteiger charge is 2.33. The number of carboxylic acid groups (broad SMARTS) is 1. The number of aliphatic hydroxyl groups is 1. The minimum atomic E-state index is -3.90. The van der Waals surface area contributed by atoms with Crippen LogP contribution in [0, 0.1) is 6.92 Å². The quantitative estimate of drug-likeness (QED) is 0.743. The van der Waals surface area contributed by atoms with Gasteiger partial charge in [0.25, 0.3) is 0 Å². The normalized spacial score (nSPS) is 18.3. The molecule has 1 aliphatic rings. The summed E-state index contributed by atoms with van der Waals surface area (Å²) in [4.78, 5) is 10.6. The van der Waals surface area contributed by atoms with Crippen LogP contribution in [-0.4, -0.2) is 36.7 Å². The Balaban J connectivity index is 2.16. The summed E-state index contributed by atoms with van der Waals surface area (Å²) >= 11 is 0. The van der Waals surface area contributed by atoms with E-state index in [1.165, 1.54) is 6.92 Å². The maximum atomic E-state index is 12.1. The van der Waals surface area contributed by atoms with E-state index in [-0.39, 0.29) is 17.2 Å². The number of aryl methyl sites for hydroxylation is 1. The molecule has 1 fully saturated rings. The molecule has 1 aromatic rings. The third kappa shape index (κ3) is 3.02. The fourth-order valence-corrected chi connectivity index (χ4v) is 3.65. The number of nitrogens with one attached hydrogen (secondary N) is 1. The average molecular weight is 303 g/mol. The van der Waals surface area contributed by atoms with E-state index in [1.54, 1.807) is 0 Å². The van der Waals surface area contributed by atoms with Gasteiger partial charge in [0.05, 0.1) is 5.60 Å². The number of hydrogen-bond acceptors (Lipinski definition) is 5. The van der Waals surface area contributed by atoms with Gasteiger partial charge in [-0.3, -0.25) is 0 Å². The molecule has 1 saturated carbocycles. The molecular formula is C12H17NO6S. The van der Waals surface area contributed by atoms with Crippen molar-refractivity contribution in [2.24, 2.45) is 0 Å². The topological polar surface area (TPSA) is 117 Å². The Bertz CT molecular complexity index is 612. The zero-order valence-corrected chi connectivity index (χ0v) is 11.9. The molecule has 7 nitrogen and oxygen atoms in total. The van der Waals surface area contributed by atoms with Crippen LogP contribution in [0.5, 0.6) is 0 Å². The van der Waals surface area contributed by atoms with Crippen molar-refractivity contribution in [2.75, 3.05) is 6.54 Å². The van der Waals surface area contributed by atoms with Gasteiger partial charge in [-0.2, -0.15) is 0 Å². The first-order valence-corrected chi connectivity index (χ1v) is 7.78. The molecule has 0 saturated heterocycles. The minimum absolute atomic E-state index is 0.00770. The summed E-state index contributed by atoms with van der Waals surface area (Å²) in [5.41, 5.74) is -1.01. The molecule has 0 spiro atoms. The second kappa shape index (κ2) is 5.19. The third-order valence-corrected chi connectivity index (χ3v) is 5.01. The van der Waals surface area contributed by atoms with E-state index in [9.17, 15) is 18.3 Å². The highest BCUT2D eigenvalue weighted by Crippen LogP contribution is 2.29. The number of aromatic carboxylic acids is 1. The first-order chi connectivity index (χ1) is 9.23. The van der Waals surface area contributed by atoms with Gasteiger partial charge in [-0.1, -0.05) is 12.8 Å². The van der Waals surface area contributed by atoms with E-state index in [0.29, 0.717) is 12.8 Å². The van der Waals surface area contributed by atoms with Gasteiger partial charge in [-0.15, -0.1) is 0 Å². The van der Waals surface area contributed by atoms with Crippen molar-refractivity contribution in [3.63, 3.8) is 0 Å². The number of carboxylic acids is 1. The molecule has 1 aliphatic carbocycles. The molecule has 1 aromatic heterocycles. The van der Waals surface area contributed by atoms with Crippen molar-refractivity contribution in [2.45, 2.75) is 43.1 Å². The average Bonchev–Trinajstić information content (AvgIpc) is 2.94. The lowest BCUT2D eigenvalue weighted by Gasteiger charge is -2.22. The van der Waals surface area contributed by atoms with Gasteiger partial charge < -0.3 is 14.6 Å². The summed E-state index contributed by atoms with van der Waals surface area (Å²) in [6, 6.07) is 0.971. The molecule has 1 heterocycles. The number of hydrogen-bond donors (Lipinski definition) is 3. The van der Waals surface area contributed by atoms with Crippen LogP contribution < -0.4 is 4.72 Å². The number of rotatable bonds is 5. The zero-order valence-electron chi connectivity index (χ0n) is 11.0. The lowest BCUT2D eigenvalue weighted by molar-refractivity contribution is 0.0531. The molecule has 0 unspecified atom stereocenters. The molecule has 112 valence electrons. The largest absolute Gasteiger partial charge is 0.475 e. The van der Waals surface area contributed by atoms with E-state index < -0.39 is 27.4 Å². The van der Waals surface area contributed by atoms with Crippen molar-refractivity contribution < 1.29 is 27.8 Å². The van der Waals surface area contributed by atoms with Crippen molar-refractivity contribution in [3.8, 4) is 0 Å². The van der Waals surface area contributed by atoms with E-state index in [0.717, 1.165) is 18.9 Å². The predicted molar refractivity (Wildman–Crippen MR) is 69.0 cm³/mol. The van der Waals surface area contributed by atoms with Crippen LogP contribution in [0.3, 0.4) is 0 Å². The van der Waals surface area contributed by atoms with E-state index in [1.807, 2.05) is 0 Å². The molecule has 20 heavy (non-hydrogen) atoms. The van der Waals surface area contributed by atoms with Gasteiger partial charge in [0.2, 0.25) is 15.8 Å². The third-order valence-electron chi connectivity index (χ3n) is 3.50. The zero-order chi connectivity index (χ0) is 15.0. The van der Waals surface area contributed by atoms with Gasteiger partial charge in [-0.25, -0.2) is 17.9 Å². The van der Waals surface area contributed by atoms with Gasteiger partial charge in [0.15, 0.2) is 0 Å². The van der Waals surface area contributed by atoms with Crippen molar-refractivity contribution in [1.29, 1.82) is 0 Å². The Morgan fingerprint density at radius 1 is 1.45 bits per heavy atom. The Morgan fingerprint density at radius 3 is 2.55 bits per heavy atom. The van der Waals surface area contributed by atoms with Gasteiger partial charge in [-0.05, 0) is 19.8 Å². The first kappa shape index (κ1) is 15.0. The van der Waals surface area contributed by atoms with Crippen molar-refractivity contribution in [1.82, 2.24) is 4.72 Å². The Morgan fingerprint density at radius 2 is 2.05 bits per heavy atom. The van der Waals surface area contributed by atoms with Crippen LogP contribution in [-0.2, 0) is 10.0 Å². The minimum Gasteiger partial charge on any atom is -0.475 e. The van der Waals surface area contributed by atoms with E-state index >= 15 is 0 Å². The monoisotopic (exact) mass is 303 g/mol. The maximum Gasteiger partial charge on any atom is 0.371 e. The fourth-order valence-electron chi connectivity index (χ4n) is 2.35. The van der Waals surface area contributed by atoms with Gasteiger partial charge in [0.1, 0.15) is 10.7 Å². The number of carbonyl (C=O) groups is 1. The first-order valence-electron chi connectivity index (χ1n) is 6.29. The summed E-state index contributed by atoms with van der Waals surface area (Å²) in [5, 5.41) is 18.9. The Hall–Kier alpha value is -1.38. The highest BCUT2D eigenvalue weighted by molar-refractivity contribution is 7.89. The summed E-state index contributed by atoms with van der Waals surface area (Å²) < 4.78 is 31.4. The van der Waals surface area contributed by atoms with Crippen LogP contribution in [0.2, 0.25) is 0 Å².